The average Bonchev–Trinajstić information content (AvgIpc) is 2.66. The number of carbonyl (C=O) groups excluding carboxylic acids is 1. The number of rotatable bonds is 11. The van der Waals surface area contributed by atoms with Crippen molar-refractivity contribution in [3.63, 3.8) is 0 Å². The Labute approximate surface area is 186 Å². The fourth-order valence-corrected chi connectivity index (χ4v) is 5.02. The molecule has 0 saturated heterocycles. The van der Waals surface area contributed by atoms with E-state index in [0.717, 1.165) is 17.1 Å². The maximum absolute atomic E-state index is 12.0. The Morgan fingerprint density at radius 1 is 1.14 bits per heavy atom. The number of carbonyl (C=O) groups is 1. The molecule has 0 aliphatic heterocycles. The van der Waals surface area contributed by atoms with Crippen molar-refractivity contribution in [2.24, 2.45) is 0 Å². The molecular formula is C20H24Cl2N2O3S2. The summed E-state index contributed by atoms with van der Waals surface area (Å²) in [7, 11) is -3.39. The number of para-hydroxylation sites is 1. The number of nitrogens with zero attached hydrogens (tertiary/aromatic N) is 1. The number of nitrogens with one attached hydrogen (secondary N) is 1. The second kappa shape index (κ2) is 11.7. The fourth-order valence-electron chi connectivity index (χ4n) is 2.64. The Balaban J connectivity index is 1.67. The van der Waals surface area contributed by atoms with Crippen LogP contribution in [0.4, 0.5) is 5.69 Å². The Morgan fingerprint density at radius 3 is 2.52 bits per heavy atom. The molecule has 0 bridgehead atoms. The smallest absolute Gasteiger partial charge is 0.232 e. The summed E-state index contributed by atoms with van der Waals surface area (Å²) >= 11 is 13.7. The third-order valence-electron chi connectivity index (χ3n) is 4.05. The highest BCUT2D eigenvalue weighted by Crippen LogP contribution is 2.24. The van der Waals surface area contributed by atoms with Gasteiger partial charge in [-0.2, -0.15) is 11.8 Å². The van der Waals surface area contributed by atoms with Crippen LogP contribution in [-0.2, 0) is 20.6 Å². The van der Waals surface area contributed by atoms with Crippen molar-refractivity contribution in [2.45, 2.75) is 18.6 Å². The van der Waals surface area contributed by atoms with Crippen LogP contribution in [0.15, 0.2) is 48.5 Å². The van der Waals surface area contributed by atoms with Gasteiger partial charge in [0.2, 0.25) is 15.9 Å². The molecule has 2 aromatic rings. The molecule has 0 atom stereocenters. The monoisotopic (exact) mass is 474 g/mol. The highest BCUT2D eigenvalue weighted by Gasteiger charge is 2.17. The van der Waals surface area contributed by atoms with E-state index < -0.39 is 10.0 Å². The third-order valence-corrected chi connectivity index (χ3v) is 6.84. The zero-order valence-electron chi connectivity index (χ0n) is 16.1. The molecule has 0 aromatic heterocycles. The van der Waals surface area contributed by atoms with Crippen molar-refractivity contribution in [2.75, 3.05) is 29.4 Å². The summed E-state index contributed by atoms with van der Waals surface area (Å²) < 4.78 is 25.4. The topological polar surface area (TPSA) is 66.5 Å². The second-order valence-electron chi connectivity index (χ2n) is 6.41. The van der Waals surface area contributed by atoms with Crippen LogP contribution in [0.1, 0.15) is 18.4 Å². The summed E-state index contributed by atoms with van der Waals surface area (Å²) in [5.74, 6) is 1.41. The van der Waals surface area contributed by atoms with Gasteiger partial charge in [0.25, 0.3) is 0 Å². The highest BCUT2D eigenvalue weighted by atomic mass is 35.5. The highest BCUT2D eigenvalue weighted by molar-refractivity contribution is 7.98. The van der Waals surface area contributed by atoms with E-state index in [4.69, 9.17) is 23.2 Å². The average molecular weight is 475 g/mol. The third kappa shape index (κ3) is 8.46. The van der Waals surface area contributed by atoms with Gasteiger partial charge in [-0.15, -0.1) is 0 Å². The van der Waals surface area contributed by atoms with Crippen LogP contribution >= 0.6 is 35.0 Å². The molecule has 0 aliphatic rings. The number of halogens is 2. The van der Waals surface area contributed by atoms with Crippen LogP contribution in [0, 0.1) is 0 Å². The lowest BCUT2D eigenvalue weighted by Crippen LogP contribution is -2.32. The van der Waals surface area contributed by atoms with E-state index in [0.29, 0.717) is 28.7 Å². The summed E-state index contributed by atoms with van der Waals surface area (Å²) in [6.07, 6.45) is 1.89. The first-order valence-electron chi connectivity index (χ1n) is 9.08. The van der Waals surface area contributed by atoms with E-state index in [-0.39, 0.29) is 18.9 Å². The maximum atomic E-state index is 12.0. The number of thioether (sulfide) groups is 1. The van der Waals surface area contributed by atoms with Crippen LogP contribution < -0.4 is 9.62 Å². The van der Waals surface area contributed by atoms with Gasteiger partial charge in [-0.1, -0.05) is 47.5 Å². The lowest BCUT2D eigenvalue weighted by atomic mass is 10.2. The predicted molar refractivity (Wildman–Crippen MR) is 123 cm³/mol. The lowest BCUT2D eigenvalue weighted by molar-refractivity contribution is -0.121. The maximum Gasteiger partial charge on any atom is 0.232 e. The molecule has 1 N–H and O–H groups in total. The van der Waals surface area contributed by atoms with Crippen molar-refractivity contribution in [3.05, 3.63) is 64.1 Å². The van der Waals surface area contributed by atoms with E-state index in [9.17, 15) is 13.2 Å². The molecule has 0 saturated carbocycles. The second-order valence-corrected chi connectivity index (χ2v) is 10.3. The van der Waals surface area contributed by atoms with Gasteiger partial charge in [0, 0.05) is 41.1 Å². The van der Waals surface area contributed by atoms with Crippen LogP contribution in [0.3, 0.4) is 0 Å². The summed E-state index contributed by atoms with van der Waals surface area (Å²) in [6.45, 7) is 0.809. The number of hydrogen-bond donors (Lipinski definition) is 1. The molecule has 158 valence electrons. The minimum absolute atomic E-state index is 0.0864. The Hall–Kier alpha value is -1.41. The molecule has 0 heterocycles. The number of amides is 1. The SMILES string of the molecule is CS(=O)(=O)N(CCCC(=O)NCCSCc1ccc(Cl)cc1Cl)c1ccccc1. The van der Waals surface area contributed by atoms with Gasteiger partial charge in [-0.05, 0) is 36.2 Å². The van der Waals surface area contributed by atoms with Gasteiger partial charge in [-0.3, -0.25) is 9.10 Å². The van der Waals surface area contributed by atoms with Crippen molar-refractivity contribution < 1.29 is 13.2 Å². The standard InChI is InChI=1S/C20H24Cl2N2O3S2/c1-29(26,27)24(18-6-3-2-4-7-18)12-5-8-20(25)23-11-13-28-15-16-9-10-17(21)14-19(16)22/h2-4,6-7,9-10,14H,5,8,11-13,15H2,1H3,(H,23,25). The first-order valence-corrected chi connectivity index (χ1v) is 12.8. The summed E-state index contributed by atoms with van der Waals surface area (Å²) in [4.78, 5) is 12.0. The molecule has 0 aliphatic carbocycles. The molecular weight excluding hydrogens is 451 g/mol. The Bertz CT molecular complexity index is 909. The molecule has 5 nitrogen and oxygen atoms in total. The number of hydrogen-bond acceptors (Lipinski definition) is 4. The van der Waals surface area contributed by atoms with Gasteiger partial charge < -0.3 is 5.32 Å². The summed E-state index contributed by atoms with van der Waals surface area (Å²) in [5.41, 5.74) is 1.61. The van der Waals surface area contributed by atoms with E-state index in [2.05, 4.69) is 5.32 Å². The summed E-state index contributed by atoms with van der Waals surface area (Å²) in [5, 5.41) is 4.11. The largest absolute Gasteiger partial charge is 0.355 e. The quantitative estimate of drug-likeness (QED) is 0.483. The van der Waals surface area contributed by atoms with Gasteiger partial charge in [0.15, 0.2) is 0 Å². The Morgan fingerprint density at radius 2 is 1.86 bits per heavy atom. The van der Waals surface area contributed by atoms with Crippen LogP contribution in [0.5, 0.6) is 0 Å². The van der Waals surface area contributed by atoms with Crippen LogP contribution in [0.25, 0.3) is 0 Å². The van der Waals surface area contributed by atoms with Crippen molar-refractivity contribution in [3.8, 4) is 0 Å². The minimum atomic E-state index is -3.39. The zero-order chi connectivity index (χ0) is 21.3. The molecule has 9 heteroatoms. The number of sulfonamides is 1. The molecule has 2 aromatic carbocycles. The number of benzene rings is 2. The predicted octanol–water partition coefficient (Wildman–Crippen LogP) is 4.59. The van der Waals surface area contributed by atoms with Gasteiger partial charge in [0.1, 0.15) is 0 Å². The van der Waals surface area contributed by atoms with Gasteiger partial charge >= 0.3 is 0 Å². The van der Waals surface area contributed by atoms with E-state index in [1.807, 2.05) is 12.1 Å². The first-order chi connectivity index (χ1) is 13.8. The number of anilines is 1. The summed E-state index contributed by atoms with van der Waals surface area (Å²) in [6, 6.07) is 14.3. The molecule has 29 heavy (non-hydrogen) atoms. The Kier molecular flexibility index (Phi) is 9.62. The van der Waals surface area contributed by atoms with E-state index >= 15 is 0 Å². The molecule has 0 fully saturated rings. The van der Waals surface area contributed by atoms with Crippen LogP contribution in [0.2, 0.25) is 10.0 Å². The zero-order valence-corrected chi connectivity index (χ0v) is 19.3. The minimum Gasteiger partial charge on any atom is -0.355 e. The molecule has 2 rings (SSSR count). The van der Waals surface area contributed by atoms with Crippen molar-refractivity contribution in [1.29, 1.82) is 0 Å². The fraction of sp³-hybridized carbons (Fsp3) is 0.350. The van der Waals surface area contributed by atoms with Crippen molar-refractivity contribution in [1.82, 2.24) is 5.32 Å². The van der Waals surface area contributed by atoms with Crippen molar-refractivity contribution >= 4 is 56.6 Å². The molecule has 0 spiro atoms. The van der Waals surface area contributed by atoms with Crippen LogP contribution in [-0.4, -0.2) is 39.4 Å². The lowest BCUT2D eigenvalue weighted by Gasteiger charge is -2.22. The van der Waals surface area contributed by atoms with E-state index in [1.54, 1.807) is 48.2 Å². The molecule has 0 unspecified atom stereocenters. The molecule has 1 amide bonds. The van der Waals surface area contributed by atoms with Gasteiger partial charge in [0.05, 0.1) is 11.9 Å². The van der Waals surface area contributed by atoms with E-state index in [1.165, 1.54) is 10.6 Å². The normalized spacial score (nSPS) is 11.3. The first kappa shape index (κ1) is 23.9. The molecule has 0 radical (unpaired) electrons. The van der Waals surface area contributed by atoms with Gasteiger partial charge in [-0.25, -0.2) is 8.42 Å².